The van der Waals surface area contributed by atoms with Crippen molar-refractivity contribution in [1.29, 1.82) is 0 Å². The minimum atomic E-state index is -0.00992. The number of hydrogen-bond acceptors (Lipinski definition) is 2. The van der Waals surface area contributed by atoms with Gasteiger partial charge in [0.15, 0.2) is 23.0 Å². The molecule has 30 heavy (non-hydrogen) atoms. The molecule has 6 rings (SSSR count). The van der Waals surface area contributed by atoms with Gasteiger partial charge in [-0.05, 0) is 54.2 Å². The zero-order valence-electron chi connectivity index (χ0n) is 17.6. The van der Waals surface area contributed by atoms with Crippen LogP contribution in [0, 0.1) is 6.92 Å². The molecule has 2 nitrogen and oxygen atoms in total. The van der Waals surface area contributed by atoms with Crippen molar-refractivity contribution in [2.24, 2.45) is 0 Å². The Balaban J connectivity index is 1.51. The zero-order valence-corrected chi connectivity index (χ0v) is 17.6. The molecular formula is C28H24O2. The molecule has 1 aliphatic heterocycles. The van der Waals surface area contributed by atoms with Gasteiger partial charge in [-0.3, -0.25) is 0 Å². The Morgan fingerprint density at radius 2 is 1.60 bits per heavy atom. The van der Waals surface area contributed by atoms with Crippen molar-refractivity contribution in [3.05, 3.63) is 89.0 Å². The van der Waals surface area contributed by atoms with Gasteiger partial charge in [-0.1, -0.05) is 74.0 Å². The number of fused-ring (bicyclic) bond motifs is 5. The largest absolute Gasteiger partial charge is 0.449 e. The summed E-state index contributed by atoms with van der Waals surface area (Å²) >= 11 is 0. The fourth-order valence-corrected chi connectivity index (χ4v) is 5.10. The maximum absolute atomic E-state index is 6.57. The SMILES string of the molecule is Cc1ccc(-c2cccc3c2Oc2ccc4c(c2O3)C2=C(C=CCC2)C4(C)C)cc1. The first-order chi connectivity index (χ1) is 14.5. The van der Waals surface area contributed by atoms with Crippen LogP contribution in [0.2, 0.25) is 0 Å². The van der Waals surface area contributed by atoms with E-state index in [1.165, 1.54) is 27.8 Å². The zero-order chi connectivity index (χ0) is 20.5. The van der Waals surface area contributed by atoms with E-state index in [0.717, 1.165) is 47.0 Å². The lowest BCUT2D eigenvalue weighted by molar-refractivity contribution is 0.359. The summed E-state index contributed by atoms with van der Waals surface area (Å²) in [6.07, 6.45) is 6.73. The summed E-state index contributed by atoms with van der Waals surface area (Å²) in [5.41, 5.74) is 8.83. The third kappa shape index (κ3) is 2.37. The highest BCUT2D eigenvalue weighted by atomic mass is 16.6. The van der Waals surface area contributed by atoms with Gasteiger partial charge in [0, 0.05) is 16.5 Å². The molecule has 0 aromatic heterocycles. The third-order valence-corrected chi connectivity index (χ3v) is 6.71. The van der Waals surface area contributed by atoms with E-state index in [1.54, 1.807) is 0 Å². The lowest BCUT2D eigenvalue weighted by atomic mass is 9.80. The van der Waals surface area contributed by atoms with Crippen LogP contribution in [0.25, 0.3) is 16.7 Å². The Labute approximate surface area is 177 Å². The highest BCUT2D eigenvalue weighted by molar-refractivity contribution is 5.89. The Kier molecular flexibility index (Phi) is 3.59. The number of rotatable bonds is 1. The average Bonchev–Trinajstić information content (AvgIpc) is 3.00. The molecule has 0 radical (unpaired) electrons. The second kappa shape index (κ2) is 6.12. The van der Waals surface area contributed by atoms with E-state index >= 15 is 0 Å². The van der Waals surface area contributed by atoms with Crippen molar-refractivity contribution in [1.82, 2.24) is 0 Å². The monoisotopic (exact) mass is 392 g/mol. The molecule has 0 amide bonds. The van der Waals surface area contributed by atoms with Crippen molar-refractivity contribution in [2.75, 3.05) is 0 Å². The predicted octanol–water partition coefficient (Wildman–Crippen LogP) is 7.95. The van der Waals surface area contributed by atoms with Crippen LogP contribution in [0.5, 0.6) is 23.0 Å². The molecule has 148 valence electrons. The summed E-state index contributed by atoms with van der Waals surface area (Å²) in [5.74, 6) is 3.25. The van der Waals surface area contributed by atoms with E-state index in [2.05, 4.69) is 75.4 Å². The van der Waals surface area contributed by atoms with E-state index in [0.29, 0.717) is 0 Å². The number of aryl methyl sites for hydroxylation is 1. The van der Waals surface area contributed by atoms with Crippen molar-refractivity contribution in [3.63, 3.8) is 0 Å². The molecule has 3 aliphatic rings. The average molecular weight is 392 g/mol. The number of ether oxygens (including phenoxy) is 2. The van der Waals surface area contributed by atoms with Gasteiger partial charge in [-0.15, -0.1) is 0 Å². The summed E-state index contributed by atoms with van der Waals surface area (Å²) in [6, 6.07) is 19.0. The number of benzene rings is 3. The normalized spacial score (nSPS) is 17.4. The van der Waals surface area contributed by atoms with Gasteiger partial charge in [0.25, 0.3) is 0 Å². The van der Waals surface area contributed by atoms with Gasteiger partial charge in [0.2, 0.25) is 0 Å². The van der Waals surface area contributed by atoms with E-state index in [-0.39, 0.29) is 5.41 Å². The Bertz CT molecular complexity index is 1260. The van der Waals surface area contributed by atoms with Gasteiger partial charge in [0.1, 0.15) is 0 Å². The number of hydrogen-bond donors (Lipinski definition) is 0. The van der Waals surface area contributed by atoms with Crippen molar-refractivity contribution in [2.45, 2.75) is 39.0 Å². The molecule has 0 atom stereocenters. The second-order valence-electron chi connectivity index (χ2n) is 8.98. The topological polar surface area (TPSA) is 18.5 Å². The summed E-state index contributed by atoms with van der Waals surface area (Å²) < 4.78 is 13.1. The number of allylic oxidation sites excluding steroid dienone is 4. The van der Waals surface area contributed by atoms with Crippen LogP contribution in [0.15, 0.2) is 72.3 Å². The van der Waals surface area contributed by atoms with Crippen LogP contribution >= 0.6 is 0 Å². The lowest BCUT2D eigenvalue weighted by Crippen LogP contribution is -2.16. The van der Waals surface area contributed by atoms with Gasteiger partial charge in [0.05, 0.1) is 0 Å². The Morgan fingerprint density at radius 1 is 0.833 bits per heavy atom. The quantitative estimate of drug-likeness (QED) is 0.327. The molecule has 1 heterocycles. The first-order valence-electron chi connectivity index (χ1n) is 10.7. The van der Waals surface area contributed by atoms with Crippen LogP contribution in [0.3, 0.4) is 0 Å². The van der Waals surface area contributed by atoms with Gasteiger partial charge >= 0.3 is 0 Å². The standard InChI is InChI=1S/C28H24O2/c1-17-11-13-18(14-12-17)19-8-6-10-23-26(19)29-24-16-15-22-25(27(24)30-23)20-7-4-5-9-21(20)28(22,2)3/h5-6,8-16H,4,7H2,1-3H3. The van der Waals surface area contributed by atoms with E-state index < -0.39 is 0 Å². The lowest BCUT2D eigenvalue weighted by Gasteiger charge is -2.27. The summed E-state index contributed by atoms with van der Waals surface area (Å²) in [5, 5.41) is 0. The van der Waals surface area contributed by atoms with Crippen LogP contribution < -0.4 is 9.47 Å². The highest BCUT2D eigenvalue weighted by Crippen LogP contribution is 2.59. The molecule has 0 bridgehead atoms. The maximum atomic E-state index is 6.57. The molecule has 3 aromatic rings. The first-order valence-corrected chi connectivity index (χ1v) is 10.7. The molecule has 0 N–H and O–H groups in total. The van der Waals surface area contributed by atoms with Crippen molar-refractivity contribution in [3.8, 4) is 34.1 Å². The molecule has 3 aromatic carbocycles. The number of para-hydroxylation sites is 1. The minimum absolute atomic E-state index is 0.00992. The molecule has 0 spiro atoms. The smallest absolute Gasteiger partial charge is 0.177 e. The Morgan fingerprint density at radius 3 is 2.43 bits per heavy atom. The first kappa shape index (κ1) is 17.6. The molecular weight excluding hydrogens is 368 g/mol. The summed E-state index contributed by atoms with van der Waals surface area (Å²) in [7, 11) is 0. The van der Waals surface area contributed by atoms with Gasteiger partial charge in [-0.2, -0.15) is 0 Å². The predicted molar refractivity (Wildman–Crippen MR) is 122 cm³/mol. The fraction of sp³-hybridized carbons (Fsp3) is 0.214. The van der Waals surface area contributed by atoms with Gasteiger partial charge in [-0.25, -0.2) is 0 Å². The molecule has 0 saturated carbocycles. The maximum Gasteiger partial charge on any atom is 0.177 e. The van der Waals surface area contributed by atoms with Crippen LogP contribution in [0.1, 0.15) is 43.4 Å². The van der Waals surface area contributed by atoms with Crippen LogP contribution in [-0.2, 0) is 5.41 Å². The molecule has 2 aliphatic carbocycles. The van der Waals surface area contributed by atoms with E-state index in [9.17, 15) is 0 Å². The highest BCUT2D eigenvalue weighted by Gasteiger charge is 2.41. The molecule has 0 fully saturated rings. The van der Waals surface area contributed by atoms with E-state index in [4.69, 9.17) is 9.47 Å². The van der Waals surface area contributed by atoms with Crippen LogP contribution in [-0.4, -0.2) is 0 Å². The fourth-order valence-electron chi connectivity index (χ4n) is 5.10. The molecule has 0 saturated heterocycles. The minimum Gasteiger partial charge on any atom is -0.449 e. The molecule has 2 heteroatoms. The molecule has 0 unspecified atom stereocenters. The van der Waals surface area contributed by atoms with Gasteiger partial charge < -0.3 is 9.47 Å². The second-order valence-corrected chi connectivity index (χ2v) is 8.98. The summed E-state index contributed by atoms with van der Waals surface area (Å²) in [4.78, 5) is 0. The van der Waals surface area contributed by atoms with Crippen molar-refractivity contribution >= 4 is 5.57 Å². The Hall–Kier alpha value is -3.26. The van der Waals surface area contributed by atoms with Crippen LogP contribution in [0.4, 0.5) is 0 Å². The third-order valence-electron chi connectivity index (χ3n) is 6.71. The summed E-state index contributed by atoms with van der Waals surface area (Å²) in [6.45, 7) is 6.72. The van der Waals surface area contributed by atoms with Crippen molar-refractivity contribution < 1.29 is 9.47 Å². The van der Waals surface area contributed by atoms with E-state index in [1.807, 2.05) is 12.1 Å².